The van der Waals surface area contributed by atoms with Crippen LogP contribution in [0.3, 0.4) is 0 Å². The van der Waals surface area contributed by atoms with Crippen molar-refractivity contribution in [3.8, 4) is 11.8 Å². The molecule has 0 bridgehead atoms. The third-order valence-corrected chi connectivity index (χ3v) is 5.44. The van der Waals surface area contributed by atoms with Crippen molar-refractivity contribution in [2.45, 2.75) is 39.5 Å². The monoisotopic (exact) mass is 379 g/mol. The molecular formula is C21H23N5O2. The van der Waals surface area contributed by atoms with Crippen molar-refractivity contribution in [1.29, 1.82) is 0 Å². The molecule has 3 heterocycles. The third kappa shape index (κ3) is 3.06. The SMILES string of the molecule is [3H]c1ccc(C#Cc2nc3c(=O)[nH]c(N)nc3n2[C@@H]2O[C@H](CC)[C@H](C)C2C)cc1. The quantitative estimate of drug-likeness (QED) is 0.667. The van der Waals surface area contributed by atoms with E-state index in [1.165, 1.54) is 0 Å². The second-order valence-electron chi connectivity index (χ2n) is 7.16. The Kier molecular flexibility index (Phi) is 4.34. The Hall–Kier alpha value is -3.11. The zero-order valence-corrected chi connectivity index (χ0v) is 16.1. The number of anilines is 1. The number of aromatic nitrogens is 4. The van der Waals surface area contributed by atoms with Crippen LogP contribution < -0.4 is 11.3 Å². The van der Waals surface area contributed by atoms with Gasteiger partial charge in [-0.05, 0) is 30.4 Å². The molecule has 144 valence electrons. The van der Waals surface area contributed by atoms with Gasteiger partial charge in [-0.1, -0.05) is 44.9 Å². The number of fused-ring (bicyclic) bond motifs is 1. The molecule has 1 aliphatic heterocycles. The molecule has 1 aliphatic rings. The molecule has 0 aliphatic carbocycles. The van der Waals surface area contributed by atoms with Crippen LogP contribution in [0.15, 0.2) is 35.1 Å². The lowest BCUT2D eigenvalue weighted by Crippen LogP contribution is -2.19. The van der Waals surface area contributed by atoms with E-state index < -0.39 is 5.56 Å². The minimum atomic E-state index is -0.404. The topological polar surface area (TPSA) is 98.8 Å². The lowest BCUT2D eigenvalue weighted by Gasteiger charge is -2.19. The maximum absolute atomic E-state index is 12.4. The highest BCUT2D eigenvalue weighted by Gasteiger charge is 2.41. The molecule has 7 heteroatoms. The van der Waals surface area contributed by atoms with E-state index in [-0.39, 0.29) is 29.7 Å². The van der Waals surface area contributed by atoms with Crippen molar-refractivity contribution in [3.05, 3.63) is 52.0 Å². The summed E-state index contributed by atoms with van der Waals surface area (Å²) in [6.07, 6.45) is 0.663. The van der Waals surface area contributed by atoms with Gasteiger partial charge in [-0.3, -0.25) is 14.3 Å². The summed E-state index contributed by atoms with van der Waals surface area (Å²) in [5, 5.41) is 0. The van der Waals surface area contributed by atoms with E-state index in [0.29, 0.717) is 23.4 Å². The standard InChI is InChI=1S/C21H23N5O2/c1-4-15-12(2)13(3)20(28-15)26-16(11-10-14-8-6-5-7-9-14)23-17-18(26)24-21(22)25-19(17)27/h5-9,12-13,15,20H,4H2,1-3H3,(H3,22,24,25,27)/t12-,13?,15-,20-/m1/s1/i5T. The number of hydrogen-bond acceptors (Lipinski definition) is 5. The number of H-pyrrole nitrogens is 1. The number of nitrogens with two attached hydrogens (primary N) is 1. The number of benzene rings is 1. The van der Waals surface area contributed by atoms with Gasteiger partial charge in [-0.2, -0.15) is 4.98 Å². The van der Waals surface area contributed by atoms with Gasteiger partial charge < -0.3 is 10.5 Å². The van der Waals surface area contributed by atoms with Gasteiger partial charge in [0.25, 0.3) is 5.56 Å². The number of nitrogen functional groups attached to an aromatic ring is 1. The normalized spacial score (nSPS) is 24.8. The van der Waals surface area contributed by atoms with Gasteiger partial charge in [0.2, 0.25) is 5.95 Å². The Bertz CT molecular complexity index is 1170. The van der Waals surface area contributed by atoms with Gasteiger partial charge in [0.1, 0.15) is 6.23 Å². The third-order valence-electron chi connectivity index (χ3n) is 5.44. The molecule has 4 rings (SSSR count). The number of aromatic amines is 1. The maximum Gasteiger partial charge on any atom is 0.280 e. The Morgan fingerprint density at radius 1 is 1.29 bits per heavy atom. The zero-order chi connectivity index (χ0) is 20.7. The summed E-state index contributed by atoms with van der Waals surface area (Å²) < 4.78 is 15.7. The van der Waals surface area contributed by atoms with Crippen LogP contribution in [-0.2, 0) is 4.74 Å². The highest BCUT2D eigenvalue weighted by Crippen LogP contribution is 2.41. The van der Waals surface area contributed by atoms with Gasteiger partial charge in [0.05, 0.1) is 7.47 Å². The van der Waals surface area contributed by atoms with Crippen molar-refractivity contribution in [3.63, 3.8) is 0 Å². The minimum absolute atomic E-state index is 0.0277. The fourth-order valence-electron chi connectivity index (χ4n) is 3.72. The summed E-state index contributed by atoms with van der Waals surface area (Å²) in [7, 11) is 0. The number of rotatable bonds is 2. The van der Waals surface area contributed by atoms with Crippen molar-refractivity contribution >= 4 is 17.1 Å². The lowest BCUT2D eigenvalue weighted by molar-refractivity contribution is -0.0124. The van der Waals surface area contributed by atoms with Crippen LogP contribution in [0.1, 0.15) is 46.2 Å². The smallest absolute Gasteiger partial charge is 0.280 e. The average molecular weight is 379 g/mol. The predicted octanol–water partition coefficient (Wildman–Crippen LogP) is 2.68. The summed E-state index contributed by atoms with van der Waals surface area (Å²) in [5.74, 6) is 7.07. The number of imidazole rings is 1. The van der Waals surface area contributed by atoms with E-state index in [1.807, 2.05) is 0 Å². The van der Waals surface area contributed by atoms with Crippen LogP contribution in [-0.4, -0.2) is 25.6 Å². The molecule has 0 radical (unpaired) electrons. The molecular weight excluding hydrogens is 354 g/mol. The first kappa shape index (κ1) is 17.0. The van der Waals surface area contributed by atoms with Crippen molar-refractivity contribution in [2.75, 3.05) is 5.73 Å². The Morgan fingerprint density at radius 2 is 2.04 bits per heavy atom. The van der Waals surface area contributed by atoms with E-state index in [0.717, 1.165) is 12.0 Å². The number of nitrogens with zero attached hydrogens (tertiary/aromatic N) is 3. The van der Waals surface area contributed by atoms with E-state index in [1.54, 1.807) is 28.8 Å². The molecule has 1 fully saturated rings. The fraction of sp³-hybridized carbons (Fsp3) is 0.381. The fourth-order valence-corrected chi connectivity index (χ4v) is 3.72. The molecule has 2 aromatic heterocycles. The van der Waals surface area contributed by atoms with Crippen molar-refractivity contribution in [2.24, 2.45) is 11.8 Å². The van der Waals surface area contributed by atoms with E-state index in [4.69, 9.17) is 11.8 Å². The van der Waals surface area contributed by atoms with Crippen LogP contribution in [0.4, 0.5) is 5.95 Å². The van der Waals surface area contributed by atoms with E-state index >= 15 is 0 Å². The minimum Gasteiger partial charge on any atom is -0.369 e. The Morgan fingerprint density at radius 3 is 2.71 bits per heavy atom. The van der Waals surface area contributed by atoms with Gasteiger partial charge in [0.15, 0.2) is 17.0 Å². The van der Waals surface area contributed by atoms with Crippen molar-refractivity contribution in [1.82, 2.24) is 19.5 Å². The molecule has 28 heavy (non-hydrogen) atoms. The molecule has 1 aromatic carbocycles. The van der Waals surface area contributed by atoms with Gasteiger partial charge >= 0.3 is 0 Å². The van der Waals surface area contributed by atoms with Gasteiger partial charge in [-0.25, -0.2) is 4.98 Å². The molecule has 0 spiro atoms. The average Bonchev–Trinajstić information content (AvgIpc) is 3.19. The van der Waals surface area contributed by atoms with Crippen LogP contribution in [0.2, 0.25) is 0 Å². The number of ether oxygens (including phenoxy) is 1. The first-order valence-corrected chi connectivity index (χ1v) is 9.41. The van der Waals surface area contributed by atoms with Gasteiger partial charge in [-0.15, -0.1) is 0 Å². The molecule has 0 saturated carbocycles. The molecule has 0 amide bonds. The van der Waals surface area contributed by atoms with Crippen molar-refractivity contribution < 1.29 is 6.11 Å². The zero-order valence-electron chi connectivity index (χ0n) is 17.1. The van der Waals surface area contributed by atoms with E-state index in [2.05, 4.69) is 47.6 Å². The Balaban J connectivity index is 1.88. The largest absolute Gasteiger partial charge is 0.369 e. The molecule has 1 saturated heterocycles. The van der Waals surface area contributed by atoms with Crippen LogP contribution in [0.5, 0.6) is 0 Å². The second-order valence-corrected chi connectivity index (χ2v) is 7.16. The molecule has 4 atom stereocenters. The first-order chi connectivity index (χ1) is 13.9. The first-order valence-electron chi connectivity index (χ1n) is 9.91. The molecule has 3 aromatic rings. The van der Waals surface area contributed by atoms with E-state index in [9.17, 15) is 4.79 Å². The van der Waals surface area contributed by atoms with Crippen LogP contribution in [0, 0.1) is 23.7 Å². The number of nitrogens with one attached hydrogen (secondary N) is 1. The number of hydrogen-bond donors (Lipinski definition) is 2. The molecule has 1 unspecified atom stereocenters. The predicted molar refractivity (Wildman–Crippen MR) is 108 cm³/mol. The maximum atomic E-state index is 12.4. The lowest BCUT2D eigenvalue weighted by atomic mass is 9.91. The summed E-state index contributed by atoms with van der Waals surface area (Å²) >= 11 is 0. The summed E-state index contributed by atoms with van der Waals surface area (Å²) in [6, 6.07) is 7.32. The summed E-state index contributed by atoms with van der Waals surface area (Å²) in [4.78, 5) is 23.7. The summed E-state index contributed by atoms with van der Waals surface area (Å²) in [6.45, 7) is 6.39. The second kappa shape index (κ2) is 7.13. The van der Waals surface area contributed by atoms with Gasteiger partial charge in [0, 0.05) is 11.5 Å². The highest BCUT2D eigenvalue weighted by molar-refractivity contribution is 5.72. The van der Waals surface area contributed by atoms with Crippen LogP contribution >= 0.6 is 0 Å². The van der Waals surface area contributed by atoms with Crippen LogP contribution in [0.25, 0.3) is 11.2 Å². The summed E-state index contributed by atoms with van der Waals surface area (Å²) in [5.41, 5.74) is 6.70. The highest BCUT2D eigenvalue weighted by atomic mass is 16.5. The molecule has 7 nitrogen and oxygen atoms in total. The molecule has 3 N–H and O–H groups in total. The Labute approximate surface area is 164 Å².